The second-order valence-corrected chi connectivity index (χ2v) is 7.58. The van der Waals surface area contributed by atoms with E-state index in [0.29, 0.717) is 28.7 Å². The Bertz CT molecular complexity index is 1340. The van der Waals surface area contributed by atoms with E-state index < -0.39 is 17.5 Å². The molecule has 0 saturated carbocycles. The number of carbonyl (C=O) groups is 2. The zero-order valence-corrected chi connectivity index (χ0v) is 17.6. The van der Waals surface area contributed by atoms with Gasteiger partial charge in [-0.3, -0.25) is 4.79 Å². The Hall–Kier alpha value is -4.14. The van der Waals surface area contributed by atoms with E-state index in [2.05, 4.69) is 23.0 Å². The van der Waals surface area contributed by atoms with Crippen molar-refractivity contribution in [2.45, 2.75) is 18.4 Å². The number of benzene rings is 2. The van der Waals surface area contributed by atoms with Gasteiger partial charge >= 0.3 is 5.97 Å². The molecule has 1 aromatic heterocycles. The third kappa shape index (κ3) is 3.68. The van der Waals surface area contributed by atoms with E-state index >= 15 is 0 Å². The average Bonchev–Trinajstić information content (AvgIpc) is 3.31. The SMILES string of the molecule is COC(=O)c1nn(-c2cccc(C#C[C@]3(O)CCN(C)C3=O)c2)c2ccc(CC#N)cc12. The molecule has 2 heterocycles. The van der Waals surface area contributed by atoms with Crippen molar-refractivity contribution in [3.05, 3.63) is 59.3 Å². The minimum atomic E-state index is -1.68. The first-order valence-electron chi connectivity index (χ1n) is 9.95. The number of likely N-dealkylation sites (N-methyl/N-ethyl adjacent to an activating group) is 1. The number of nitrogens with zero attached hydrogens (tertiary/aromatic N) is 4. The highest BCUT2D eigenvalue weighted by molar-refractivity contribution is 6.02. The van der Waals surface area contributed by atoms with E-state index in [0.717, 1.165) is 5.56 Å². The summed E-state index contributed by atoms with van der Waals surface area (Å²) in [7, 11) is 2.92. The molecule has 0 spiro atoms. The Labute approximate surface area is 184 Å². The molecule has 1 amide bonds. The summed E-state index contributed by atoms with van der Waals surface area (Å²) in [5, 5.41) is 24.5. The number of esters is 1. The zero-order valence-electron chi connectivity index (χ0n) is 17.6. The van der Waals surface area contributed by atoms with Crippen molar-refractivity contribution in [1.29, 1.82) is 5.26 Å². The second kappa shape index (κ2) is 8.18. The van der Waals surface area contributed by atoms with Crippen LogP contribution in [0.25, 0.3) is 16.6 Å². The smallest absolute Gasteiger partial charge is 0.359 e. The van der Waals surface area contributed by atoms with Crippen molar-refractivity contribution in [3.63, 3.8) is 0 Å². The Morgan fingerprint density at radius 2 is 2.12 bits per heavy atom. The molecule has 1 fully saturated rings. The van der Waals surface area contributed by atoms with Gasteiger partial charge in [0.2, 0.25) is 5.60 Å². The maximum atomic E-state index is 12.3. The van der Waals surface area contributed by atoms with Crippen LogP contribution in [0, 0.1) is 23.2 Å². The number of likely N-dealkylation sites (tertiary alicyclic amines) is 1. The summed E-state index contributed by atoms with van der Waals surface area (Å²) in [5.41, 5.74) is 1.13. The fourth-order valence-corrected chi connectivity index (χ4v) is 3.67. The van der Waals surface area contributed by atoms with Crippen LogP contribution in [0.5, 0.6) is 0 Å². The topological polar surface area (TPSA) is 108 Å². The van der Waals surface area contributed by atoms with Gasteiger partial charge in [0.15, 0.2) is 5.69 Å². The average molecular weight is 428 g/mol. The van der Waals surface area contributed by atoms with Crippen molar-refractivity contribution in [2.24, 2.45) is 0 Å². The van der Waals surface area contributed by atoms with E-state index in [1.807, 2.05) is 12.1 Å². The van der Waals surface area contributed by atoms with Crippen LogP contribution in [0.15, 0.2) is 42.5 Å². The fourth-order valence-electron chi connectivity index (χ4n) is 3.67. The molecule has 8 heteroatoms. The van der Waals surface area contributed by atoms with Gasteiger partial charge in [0.25, 0.3) is 5.91 Å². The van der Waals surface area contributed by atoms with Crippen LogP contribution in [0.1, 0.15) is 28.0 Å². The van der Waals surface area contributed by atoms with E-state index in [-0.39, 0.29) is 18.5 Å². The number of carbonyl (C=O) groups excluding carboxylic acids is 2. The number of fused-ring (bicyclic) bond motifs is 1. The highest BCUT2D eigenvalue weighted by Crippen LogP contribution is 2.25. The van der Waals surface area contributed by atoms with Gasteiger partial charge in [-0.15, -0.1) is 0 Å². The summed E-state index contributed by atoms with van der Waals surface area (Å²) in [5.74, 6) is 4.60. The van der Waals surface area contributed by atoms with E-state index in [1.165, 1.54) is 12.0 Å². The number of aliphatic hydroxyl groups is 1. The molecule has 160 valence electrons. The number of methoxy groups -OCH3 is 1. The predicted octanol–water partition coefficient (Wildman–Crippen LogP) is 1.82. The lowest BCUT2D eigenvalue weighted by atomic mass is 10.0. The van der Waals surface area contributed by atoms with Gasteiger partial charge in [0.05, 0.1) is 30.8 Å². The quantitative estimate of drug-likeness (QED) is 0.504. The normalized spacial score (nSPS) is 17.7. The van der Waals surface area contributed by atoms with Crippen molar-refractivity contribution in [1.82, 2.24) is 14.7 Å². The monoisotopic (exact) mass is 428 g/mol. The summed E-state index contributed by atoms with van der Waals surface area (Å²) in [6.45, 7) is 0.452. The van der Waals surface area contributed by atoms with Gasteiger partial charge in [0.1, 0.15) is 0 Å². The van der Waals surface area contributed by atoms with Gasteiger partial charge in [-0.2, -0.15) is 10.4 Å². The van der Waals surface area contributed by atoms with Crippen LogP contribution in [0.2, 0.25) is 0 Å². The highest BCUT2D eigenvalue weighted by Gasteiger charge is 2.42. The molecule has 32 heavy (non-hydrogen) atoms. The number of rotatable bonds is 3. The van der Waals surface area contributed by atoms with E-state index in [9.17, 15) is 14.7 Å². The molecular formula is C24H20N4O4. The zero-order chi connectivity index (χ0) is 22.9. The molecule has 4 rings (SSSR count). The molecule has 1 saturated heterocycles. The van der Waals surface area contributed by atoms with Gasteiger partial charge in [-0.05, 0) is 35.9 Å². The van der Waals surface area contributed by atoms with Crippen LogP contribution in [-0.2, 0) is 16.0 Å². The van der Waals surface area contributed by atoms with Gasteiger partial charge < -0.3 is 14.7 Å². The molecule has 0 aliphatic carbocycles. The molecule has 0 radical (unpaired) electrons. The number of amides is 1. The number of ether oxygens (including phenoxy) is 1. The lowest BCUT2D eigenvalue weighted by Crippen LogP contribution is -2.37. The predicted molar refractivity (Wildman–Crippen MR) is 116 cm³/mol. The number of nitriles is 1. The van der Waals surface area contributed by atoms with Crippen molar-refractivity contribution in [3.8, 4) is 23.6 Å². The summed E-state index contributed by atoms with van der Waals surface area (Å²) >= 11 is 0. The molecule has 0 unspecified atom stereocenters. The first-order chi connectivity index (χ1) is 15.4. The third-order valence-corrected chi connectivity index (χ3v) is 5.42. The maximum Gasteiger partial charge on any atom is 0.359 e. The molecule has 1 aliphatic rings. The number of hydrogen-bond acceptors (Lipinski definition) is 6. The van der Waals surface area contributed by atoms with Crippen molar-refractivity contribution < 1.29 is 19.4 Å². The molecule has 1 atom stereocenters. The largest absolute Gasteiger partial charge is 0.464 e. The third-order valence-electron chi connectivity index (χ3n) is 5.42. The van der Waals surface area contributed by atoms with Crippen molar-refractivity contribution >= 4 is 22.8 Å². The van der Waals surface area contributed by atoms with Gasteiger partial charge in [-0.1, -0.05) is 24.0 Å². The Balaban J connectivity index is 1.78. The summed E-state index contributed by atoms with van der Waals surface area (Å²) in [6.07, 6.45) is 0.468. The van der Waals surface area contributed by atoms with Crippen LogP contribution >= 0.6 is 0 Å². The number of aromatic nitrogens is 2. The molecule has 3 aromatic rings. The summed E-state index contributed by atoms with van der Waals surface area (Å²) in [4.78, 5) is 25.9. The standard InChI is InChI=1S/C24H20N4O4/c1-27-13-11-24(31,23(27)30)10-8-16-4-3-5-18(14-16)28-20-7-6-17(9-12-25)15-19(20)21(26-28)22(29)32-2/h3-7,14-15,31H,9,11,13H2,1-2H3/t24-/m0/s1. The molecule has 8 nitrogen and oxygen atoms in total. The van der Waals surface area contributed by atoms with Gasteiger partial charge in [-0.25, -0.2) is 9.48 Å². The first-order valence-corrected chi connectivity index (χ1v) is 9.95. The maximum absolute atomic E-state index is 12.3. The molecular weight excluding hydrogens is 408 g/mol. The van der Waals surface area contributed by atoms with Crippen molar-refractivity contribution in [2.75, 3.05) is 20.7 Å². The van der Waals surface area contributed by atoms with E-state index in [4.69, 9.17) is 10.00 Å². The second-order valence-electron chi connectivity index (χ2n) is 7.58. The van der Waals surface area contributed by atoms with Crippen LogP contribution in [0.3, 0.4) is 0 Å². The Morgan fingerprint density at radius 3 is 2.81 bits per heavy atom. The first kappa shape index (κ1) is 21.1. The molecule has 2 aromatic carbocycles. The van der Waals surface area contributed by atoms with Gasteiger partial charge in [0, 0.05) is 31.0 Å². The lowest BCUT2D eigenvalue weighted by molar-refractivity contribution is -0.137. The highest BCUT2D eigenvalue weighted by atomic mass is 16.5. The molecule has 1 N–H and O–H groups in total. The minimum absolute atomic E-state index is 0.146. The summed E-state index contributed by atoms with van der Waals surface area (Å²) < 4.78 is 6.48. The molecule has 1 aliphatic heterocycles. The Morgan fingerprint density at radius 1 is 1.31 bits per heavy atom. The van der Waals surface area contributed by atoms with Crippen LogP contribution < -0.4 is 0 Å². The molecule has 0 bridgehead atoms. The number of hydrogen-bond donors (Lipinski definition) is 1. The lowest BCUT2D eigenvalue weighted by Gasteiger charge is -2.13. The van der Waals surface area contributed by atoms with E-state index in [1.54, 1.807) is 42.1 Å². The Kier molecular flexibility index (Phi) is 5.40. The van der Waals surface area contributed by atoms with Crippen LogP contribution in [-0.4, -0.2) is 58.0 Å². The van der Waals surface area contributed by atoms with Crippen LogP contribution in [0.4, 0.5) is 0 Å². The fraction of sp³-hybridized carbons (Fsp3) is 0.250. The summed E-state index contributed by atoms with van der Waals surface area (Å²) in [6, 6.07) is 14.6. The minimum Gasteiger partial charge on any atom is -0.464 e.